The van der Waals surface area contributed by atoms with Crippen LogP contribution in [0.4, 0.5) is 0 Å². The molecule has 0 aliphatic heterocycles. The Kier molecular flexibility index (Phi) is 16.3. The van der Waals surface area contributed by atoms with Crippen LogP contribution in [0.1, 0.15) is 58.3 Å². The first-order chi connectivity index (χ1) is 6.27. The molecular formula is C12H29ClSi. The Balaban J connectivity index is 0. The quantitative estimate of drug-likeness (QED) is 0.389. The van der Waals surface area contributed by atoms with Crippen LogP contribution in [0.2, 0.25) is 19.1 Å². The van der Waals surface area contributed by atoms with Crippen LogP contribution in [0, 0.1) is 0 Å². The minimum absolute atomic E-state index is 0. The molecule has 0 spiro atoms. The van der Waals surface area contributed by atoms with E-state index in [2.05, 4.69) is 20.0 Å². The number of hydrogen-bond donors (Lipinski definition) is 0. The summed E-state index contributed by atoms with van der Waals surface area (Å²) in [4.78, 5) is 0. The Hall–Kier alpha value is 0.507. The van der Waals surface area contributed by atoms with E-state index in [4.69, 9.17) is 0 Å². The highest BCUT2D eigenvalue weighted by molar-refractivity contribution is 6.55. The zero-order valence-electron chi connectivity index (χ0n) is 10.3. The number of halogens is 1. The third-order valence-corrected chi connectivity index (χ3v) is 4.20. The SMILES string of the molecule is CCCCCCCCCC[SiH](C)C.Cl. The van der Waals surface area contributed by atoms with Gasteiger partial charge in [0.2, 0.25) is 0 Å². The van der Waals surface area contributed by atoms with Crippen LogP contribution in [-0.2, 0) is 0 Å². The average Bonchev–Trinajstić information content (AvgIpc) is 2.09. The van der Waals surface area contributed by atoms with Crippen molar-refractivity contribution in [3.8, 4) is 0 Å². The van der Waals surface area contributed by atoms with Crippen LogP contribution in [-0.4, -0.2) is 8.80 Å². The zero-order chi connectivity index (χ0) is 9.94. The van der Waals surface area contributed by atoms with Gasteiger partial charge < -0.3 is 0 Å². The largest absolute Gasteiger partial charge is 0.147 e. The second-order valence-corrected chi connectivity index (χ2v) is 8.02. The molecule has 0 aliphatic rings. The van der Waals surface area contributed by atoms with Gasteiger partial charge in [0.15, 0.2) is 0 Å². The summed E-state index contributed by atoms with van der Waals surface area (Å²) in [5, 5.41) is 0. The molecule has 0 aromatic rings. The maximum atomic E-state index is 2.46. The van der Waals surface area contributed by atoms with E-state index in [0.29, 0.717) is 0 Å². The Bertz CT molecular complexity index is 94.3. The molecule has 0 fully saturated rings. The molecule has 88 valence electrons. The molecule has 0 unspecified atom stereocenters. The number of rotatable bonds is 9. The van der Waals surface area contributed by atoms with Crippen molar-refractivity contribution >= 4 is 21.2 Å². The summed E-state index contributed by atoms with van der Waals surface area (Å²) in [7, 11) is -0.240. The van der Waals surface area contributed by atoms with Gasteiger partial charge in [0.1, 0.15) is 0 Å². The van der Waals surface area contributed by atoms with Gasteiger partial charge in [-0.25, -0.2) is 0 Å². The van der Waals surface area contributed by atoms with Crippen molar-refractivity contribution in [1.82, 2.24) is 0 Å². The highest BCUT2D eigenvalue weighted by Gasteiger charge is 1.95. The van der Waals surface area contributed by atoms with E-state index in [-0.39, 0.29) is 21.2 Å². The monoisotopic (exact) mass is 236 g/mol. The smallest absolute Gasteiger partial charge is 0.0305 e. The minimum atomic E-state index is -0.240. The third kappa shape index (κ3) is 15.0. The predicted octanol–water partition coefficient (Wildman–Crippen LogP) is 5.04. The summed E-state index contributed by atoms with van der Waals surface area (Å²) >= 11 is 0. The van der Waals surface area contributed by atoms with Gasteiger partial charge in [-0.3, -0.25) is 0 Å². The fraction of sp³-hybridized carbons (Fsp3) is 1.00. The maximum Gasteiger partial charge on any atom is 0.0305 e. The molecule has 0 aliphatic carbocycles. The Morgan fingerprint density at radius 3 is 1.57 bits per heavy atom. The molecule has 0 heterocycles. The molecule has 0 saturated heterocycles. The third-order valence-electron chi connectivity index (χ3n) is 2.64. The molecule has 0 saturated carbocycles. The highest BCUT2D eigenvalue weighted by Crippen LogP contribution is 2.10. The topological polar surface area (TPSA) is 0 Å². The van der Waals surface area contributed by atoms with Crippen molar-refractivity contribution in [2.45, 2.75) is 77.4 Å². The van der Waals surface area contributed by atoms with Crippen molar-refractivity contribution in [1.29, 1.82) is 0 Å². The van der Waals surface area contributed by atoms with Crippen LogP contribution < -0.4 is 0 Å². The lowest BCUT2D eigenvalue weighted by Crippen LogP contribution is -1.97. The number of unbranched alkanes of at least 4 members (excludes halogenated alkanes) is 7. The standard InChI is InChI=1S/C12H28Si.ClH/c1-4-5-6-7-8-9-10-11-12-13(2)3;/h13H,4-12H2,1-3H3;1H. The van der Waals surface area contributed by atoms with Crippen LogP contribution >= 0.6 is 12.4 Å². The van der Waals surface area contributed by atoms with Crippen LogP contribution in [0.15, 0.2) is 0 Å². The molecule has 0 aromatic heterocycles. The molecule has 0 N–H and O–H groups in total. The summed E-state index contributed by atoms with van der Waals surface area (Å²) in [6.07, 6.45) is 11.7. The van der Waals surface area contributed by atoms with Crippen LogP contribution in [0.25, 0.3) is 0 Å². The summed E-state index contributed by atoms with van der Waals surface area (Å²) < 4.78 is 0. The molecule has 0 aromatic carbocycles. The second-order valence-electron chi connectivity index (χ2n) is 4.66. The first-order valence-corrected chi connectivity index (χ1v) is 9.40. The minimum Gasteiger partial charge on any atom is -0.147 e. The van der Waals surface area contributed by atoms with Crippen molar-refractivity contribution in [3.63, 3.8) is 0 Å². The molecule has 14 heavy (non-hydrogen) atoms. The Morgan fingerprint density at radius 1 is 0.714 bits per heavy atom. The second kappa shape index (κ2) is 13.5. The molecule has 0 amide bonds. The van der Waals surface area contributed by atoms with Gasteiger partial charge >= 0.3 is 0 Å². The molecule has 0 bridgehead atoms. The average molecular weight is 237 g/mol. The van der Waals surface area contributed by atoms with Gasteiger partial charge in [-0.15, -0.1) is 12.4 Å². The molecule has 0 rings (SSSR count). The molecule has 0 atom stereocenters. The predicted molar refractivity (Wildman–Crippen MR) is 73.5 cm³/mol. The van der Waals surface area contributed by atoms with E-state index in [0.717, 1.165) is 0 Å². The first-order valence-electron chi connectivity index (χ1n) is 6.27. The van der Waals surface area contributed by atoms with Gasteiger partial charge in [0.05, 0.1) is 0 Å². The lowest BCUT2D eigenvalue weighted by Gasteiger charge is -2.03. The van der Waals surface area contributed by atoms with E-state index in [1.54, 1.807) is 6.04 Å². The fourth-order valence-corrected chi connectivity index (χ4v) is 2.79. The van der Waals surface area contributed by atoms with Gasteiger partial charge in [-0.1, -0.05) is 77.4 Å². The Labute approximate surface area is 98.9 Å². The lowest BCUT2D eigenvalue weighted by atomic mass is 10.1. The van der Waals surface area contributed by atoms with E-state index in [1.165, 1.54) is 51.4 Å². The van der Waals surface area contributed by atoms with Gasteiger partial charge in [-0.2, -0.15) is 0 Å². The lowest BCUT2D eigenvalue weighted by molar-refractivity contribution is 0.584. The van der Waals surface area contributed by atoms with Gasteiger partial charge in [0, 0.05) is 8.80 Å². The maximum absolute atomic E-state index is 2.46. The molecule has 2 heteroatoms. The van der Waals surface area contributed by atoms with Crippen LogP contribution in [0.3, 0.4) is 0 Å². The highest BCUT2D eigenvalue weighted by atomic mass is 35.5. The van der Waals surface area contributed by atoms with E-state index in [9.17, 15) is 0 Å². The van der Waals surface area contributed by atoms with Gasteiger partial charge in [0.25, 0.3) is 0 Å². The summed E-state index contributed by atoms with van der Waals surface area (Å²) in [6.45, 7) is 7.20. The van der Waals surface area contributed by atoms with Crippen molar-refractivity contribution in [2.75, 3.05) is 0 Å². The van der Waals surface area contributed by atoms with E-state index < -0.39 is 0 Å². The van der Waals surface area contributed by atoms with E-state index in [1.807, 2.05) is 0 Å². The summed E-state index contributed by atoms with van der Waals surface area (Å²) in [5.41, 5.74) is 0. The first kappa shape index (κ1) is 16.9. The Morgan fingerprint density at radius 2 is 1.14 bits per heavy atom. The normalized spacial score (nSPS) is 10.3. The summed E-state index contributed by atoms with van der Waals surface area (Å²) in [6, 6.07) is 1.56. The van der Waals surface area contributed by atoms with E-state index >= 15 is 0 Å². The fourth-order valence-electron chi connectivity index (χ4n) is 1.69. The molecular weight excluding hydrogens is 208 g/mol. The van der Waals surface area contributed by atoms with Crippen molar-refractivity contribution in [3.05, 3.63) is 0 Å². The van der Waals surface area contributed by atoms with Gasteiger partial charge in [-0.05, 0) is 0 Å². The molecule has 0 radical (unpaired) electrons. The zero-order valence-corrected chi connectivity index (χ0v) is 12.3. The van der Waals surface area contributed by atoms with Crippen molar-refractivity contribution < 1.29 is 0 Å². The van der Waals surface area contributed by atoms with Crippen molar-refractivity contribution in [2.24, 2.45) is 0 Å². The summed E-state index contributed by atoms with van der Waals surface area (Å²) in [5.74, 6) is 0. The number of hydrogen-bond acceptors (Lipinski definition) is 0. The van der Waals surface area contributed by atoms with Crippen LogP contribution in [0.5, 0.6) is 0 Å². The molecule has 0 nitrogen and oxygen atoms in total.